The van der Waals surface area contributed by atoms with Gasteiger partial charge in [0.15, 0.2) is 5.78 Å². The number of rotatable bonds is 1. The number of carbonyl (C=O) groups excluding carboxylic acids is 2. The van der Waals surface area contributed by atoms with E-state index in [-0.39, 0.29) is 0 Å². The maximum atomic E-state index is 11.8. The summed E-state index contributed by atoms with van der Waals surface area (Å²) in [5, 5.41) is 0. The van der Waals surface area contributed by atoms with Crippen LogP contribution in [-0.4, -0.2) is 12.1 Å². The summed E-state index contributed by atoms with van der Waals surface area (Å²) < 4.78 is 0. The molecule has 27 heavy (non-hydrogen) atoms. The van der Waals surface area contributed by atoms with Crippen LogP contribution in [0.15, 0.2) is 23.3 Å². The molecule has 0 saturated heterocycles. The van der Waals surface area contributed by atoms with E-state index in [1.165, 1.54) is 31.3 Å². The fourth-order valence-electron chi connectivity index (χ4n) is 6.11. The zero-order valence-electron chi connectivity index (χ0n) is 18.4. The van der Waals surface area contributed by atoms with Crippen LogP contribution in [0.4, 0.5) is 0 Å². The molecule has 0 aliphatic heterocycles. The summed E-state index contributed by atoms with van der Waals surface area (Å²) in [5.74, 6) is 2.78. The molecule has 2 heteroatoms. The lowest BCUT2D eigenvalue weighted by molar-refractivity contribution is -0.116. The fourth-order valence-corrected chi connectivity index (χ4v) is 6.11. The minimum atomic E-state index is 0.310. The highest BCUT2D eigenvalue weighted by molar-refractivity contribution is 5.91. The topological polar surface area (TPSA) is 34.1 Å². The Morgan fingerprint density at radius 1 is 1.11 bits per heavy atom. The van der Waals surface area contributed by atoms with Crippen molar-refractivity contribution in [1.29, 1.82) is 0 Å². The van der Waals surface area contributed by atoms with Crippen LogP contribution in [0.3, 0.4) is 0 Å². The van der Waals surface area contributed by atoms with Gasteiger partial charge >= 0.3 is 0 Å². The van der Waals surface area contributed by atoms with Gasteiger partial charge in [0, 0.05) is 12.8 Å². The second kappa shape index (κ2) is 8.88. The summed E-state index contributed by atoms with van der Waals surface area (Å²) in [6, 6.07) is 0. The van der Waals surface area contributed by atoms with E-state index in [1.807, 2.05) is 26.8 Å². The highest BCUT2D eigenvalue weighted by Gasteiger charge is 2.54. The second-order valence-corrected chi connectivity index (χ2v) is 9.13. The molecule has 2 saturated carbocycles. The Labute approximate surface area is 166 Å². The van der Waals surface area contributed by atoms with Crippen molar-refractivity contribution in [2.75, 3.05) is 0 Å². The number of ketones is 1. The maximum absolute atomic E-state index is 11.8. The zero-order valence-corrected chi connectivity index (χ0v) is 18.4. The average molecular weight is 373 g/mol. The number of carbonyl (C=O) groups is 2. The Bertz CT molecular complexity index is 614. The van der Waals surface area contributed by atoms with Crippen LogP contribution in [-0.2, 0) is 9.59 Å². The van der Waals surface area contributed by atoms with E-state index < -0.39 is 0 Å². The molecule has 152 valence electrons. The van der Waals surface area contributed by atoms with Gasteiger partial charge < -0.3 is 4.79 Å². The molecule has 4 rings (SSSR count). The van der Waals surface area contributed by atoms with Crippen LogP contribution in [0.5, 0.6) is 0 Å². The number of hydrogen-bond acceptors (Lipinski definition) is 2. The van der Waals surface area contributed by atoms with Gasteiger partial charge in [-0.2, -0.15) is 0 Å². The molecule has 0 aromatic carbocycles. The average Bonchev–Trinajstić information content (AvgIpc) is 2.99. The van der Waals surface area contributed by atoms with Crippen molar-refractivity contribution in [1.82, 2.24) is 0 Å². The lowest BCUT2D eigenvalue weighted by Crippen LogP contribution is -2.47. The first-order valence-corrected chi connectivity index (χ1v) is 11.2. The first-order chi connectivity index (χ1) is 12.9. The van der Waals surface area contributed by atoms with E-state index in [0.717, 1.165) is 43.3 Å². The summed E-state index contributed by atoms with van der Waals surface area (Å²) in [6.07, 6.45) is 14.4. The van der Waals surface area contributed by atoms with Crippen molar-refractivity contribution in [3.63, 3.8) is 0 Å². The number of fused-ring (bicyclic) bond motifs is 5. The molecule has 0 radical (unpaired) electrons. The molecular weight excluding hydrogens is 332 g/mol. The molecule has 5 atom stereocenters. The third kappa shape index (κ3) is 3.87. The van der Waals surface area contributed by atoms with Gasteiger partial charge in [0.25, 0.3) is 0 Å². The van der Waals surface area contributed by atoms with Gasteiger partial charge in [-0.3, -0.25) is 4.79 Å². The minimum absolute atomic E-state index is 0.310. The van der Waals surface area contributed by atoms with E-state index in [0.29, 0.717) is 23.0 Å². The highest BCUT2D eigenvalue weighted by Crippen LogP contribution is 2.64. The summed E-state index contributed by atoms with van der Waals surface area (Å²) in [4.78, 5) is 21.0. The molecule has 4 aliphatic rings. The summed E-state index contributed by atoms with van der Waals surface area (Å²) in [6.45, 7) is 13.2. The van der Waals surface area contributed by atoms with E-state index in [2.05, 4.69) is 26.8 Å². The smallest absolute Gasteiger partial charge is 0.155 e. The standard InChI is InChI=1S/C20H28O.C3H6O.C2H6/c1-13-4-7-17-16-6-5-14-12-15(21)8-10-20(14,3)18(16)9-11-19(13,17)2;1-2-3-4;1-2/h7,12-13,16,18H,4-6,8-11H2,1-3H3;3H,2H2,1H3;1-2H3. The summed E-state index contributed by atoms with van der Waals surface area (Å²) in [7, 11) is 0. The molecule has 0 heterocycles. The molecule has 0 spiro atoms. The lowest BCUT2D eigenvalue weighted by atomic mass is 9.48. The Balaban J connectivity index is 0.000000389. The predicted octanol–water partition coefficient (Wildman–Crippen LogP) is 6.70. The third-order valence-corrected chi connectivity index (χ3v) is 7.97. The minimum Gasteiger partial charge on any atom is -0.303 e. The van der Waals surface area contributed by atoms with E-state index in [1.54, 1.807) is 5.57 Å². The maximum Gasteiger partial charge on any atom is 0.155 e. The molecule has 2 fully saturated rings. The molecule has 2 nitrogen and oxygen atoms in total. The SMILES string of the molecule is CC.CC1CC=C2C3CCC4=CC(=O)CCC4(C)C3CCC21C.CCC=O. The van der Waals surface area contributed by atoms with Crippen molar-refractivity contribution < 1.29 is 9.59 Å². The van der Waals surface area contributed by atoms with Crippen molar-refractivity contribution in [3.05, 3.63) is 23.3 Å². The molecule has 4 aliphatic carbocycles. The van der Waals surface area contributed by atoms with Crippen LogP contribution in [0.25, 0.3) is 0 Å². The molecular formula is C25H40O2. The van der Waals surface area contributed by atoms with Crippen molar-refractivity contribution in [2.45, 2.75) is 92.9 Å². The Morgan fingerprint density at radius 2 is 1.78 bits per heavy atom. The van der Waals surface area contributed by atoms with E-state index >= 15 is 0 Å². The van der Waals surface area contributed by atoms with Gasteiger partial charge in [-0.25, -0.2) is 0 Å². The highest BCUT2D eigenvalue weighted by atomic mass is 16.1. The van der Waals surface area contributed by atoms with Gasteiger partial charge in [0.05, 0.1) is 0 Å². The second-order valence-electron chi connectivity index (χ2n) is 9.13. The monoisotopic (exact) mass is 372 g/mol. The Kier molecular flexibility index (Phi) is 7.27. The van der Waals surface area contributed by atoms with Gasteiger partial charge in [-0.15, -0.1) is 0 Å². The zero-order chi connectivity index (χ0) is 20.2. The lowest BCUT2D eigenvalue weighted by Gasteiger charge is -2.56. The fraction of sp³-hybridized carbons (Fsp3) is 0.760. The summed E-state index contributed by atoms with van der Waals surface area (Å²) in [5.41, 5.74) is 4.06. The van der Waals surface area contributed by atoms with Crippen LogP contribution in [0.2, 0.25) is 0 Å². The van der Waals surface area contributed by atoms with Gasteiger partial charge in [-0.1, -0.05) is 58.8 Å². The largest absolute Gasteiger partial charge is 0.303 e. The number of aldehydes is 1. The van der Waals surface area contributed by atoms with Crippen molar-refractivity contribution in [3.8, 4) is 0 Å². The van der Waals surface area contributed by atoms with E-state index in [9.17, 15) is 9.59 Å². The number of allylic oxidation sites excluding steroid dienone is 4. The molecule has 0 amide bonds. The first-order valence-electron chi connectivity index (χ1n) is 11.2. The quantitative estimate of drug-likeness (QED) is 0.379. The van der Waals surface area contributed by atoms with Gasteiger partial charge in [0.2, 0.25) is 0 Å². The van der Waals surface area contributed by atoms with E-state index in [4.69, 9.17) is 0 Å². The third-order valence-electron chi connectivity index (χ3n) is 7.97. The Morgan fingerprint density at radius 3 is 2.41 bits per heavy atom. The normalized spacial score (nSPS) is 39.2. The van der Waals surface area contributed by atoms with Crippen LogP contribution in [0, 0.1) is 28.6 Å². The van der Waals surface area contributed by atoms with Crippen molar-refractivity contribution >= 4 is 12.1 Å². The first kappa shape index (κ1) is 22.1. The van der Waals surface area contributed by atoms with Crippen LogP contribution >= 0.6 is 0 Å². The molecule has 0 bridgehead atoms. The Hall–Kier alpha value is -1.18. The van der Waals surface area contributed by atoms with Crippen LogP contribution in [0.1, 0.15) is 92.9 Å². The van der Waals surface area contributed by atoms with Crippen LogP contribution < -0.4 is 0 Å². The molecule has 0 aromatic rings. The van der Waals surface area contributed by atoms with Crippen molar-refractivity contribution in [2.24, 2.45) is 28.6 Å². The van der Waals surface area contributed by atoms with Gasteiger partial charge in [0.1, 0.15) is 6.29 Å². The summed E-state index contributed by atoms with van der Waals surface area (Å²) >= 11 is 0. The predicted molar refractivity (Wildman–Crippen MR) is 114 cm³/mol. The molecule has 0 N–H and O–H groups in total. The molecule has 0 aromatic heterocycles. The van der Waals surface area contributed by atoms with Gasteiger partial charge in [-0.05, 0) is 73.2 Å². The number of hydrogen-bond donors (Lipinski definition) is 0. The molecule has 5 unspecified atom stereocenters.